The number of nitrogens with zero attached hydrogens (tertiary/aromatic N) is 3. The van der Waals surface area contributed by atoms with E-state index in [1.54, 1.807) is 19.0 Å². The Hall–Kier alpha value is -1.40. The molecule has 0 unspecified atom stereocenters. The van der Waals surface area contributed by atoms with Crippen molar-refractivity contribution in [2.24, 2.45) is 0 Å². The van der Waals surface area contributed by atoms with Gasteiger partial charge in [0.25, 0.3) is 5.91 Å². The van der Waals surface area contributed by atoms with Gasteiger partial charge in [0.15, 0.2) is 0 Å². The summed E-state index contributed by atoms with van der Waals surface area (Å²) in [5.74, 6) is 0.471. The van der Waals surface area contributed by atoms with Crippen LogP contribution in [0.3, 0.4) is 0 Å². The molecule has 2 aromatic rings. The summed E-state index contributed by atoms with van der Waals surface area (Å²) in [7, 11) is 3.46. The van der Waals surface area contributed by atoms with Crippen LogP contribution in [0.25, 0.3) is 10.2 Å². The molecule has 0 bridgehead atoms. The van der Waals surface area contributed by atoms with Crippen molar-refractivity contribution in [2.75, 3.05) is 26.0 Å². The van der Waals surface area contributed by atoms with E-state index in [4.69, 9.17) is 11.6 Å². The van der Waals surface area contributed by atoms with Crippen molar-refractivity contribution in [1.82, 2.24) is 14.9 Å². The standard InChI is InChI=1S/C13H17ClN4OS/c1-5-6-15-13-16-10(14)8-7(2)9(12(19)18(3)4)20-11(8)17-13/h5-6H2,1-4H3,(H,15,16,17). The highest BCUT2D eigenvalue weighted by Gasteiger charge is 2.20. The van der Waals surface area contributed by atoms with Gasteiger partial charge in [-0.2, -0.15) is 0 Å². The predicted octanol–water partition coefficient (Wildman–Crippen LogP) is 3.18. The van der Waals surface area contributed by atoms with Crippen molar-refractivity contribution in [3.63, 3.8) is 0 Å². The maximum Gasteiger partial charge on any atom is 0.263 e. The van der Waals surface area contributed by atoms with Crippen LogP contribution in [0.4, 0.5) is 5.95 Å². The maximum atomic E-state index is 12.1. The van der Waals surface area contributed by atoms with Gasteiger partial charge in [-0.05, 0) is 18.9 Å². The molecule has 7 heteroatoms. The molecule has 20 heavy (non-hydrogen) atoms. The first-order valence-corrected chi connectivity index (χ1v) is 7.57. The number of nitrogens with one attached hydrogen (secondary N) is 1. The van der Waals surface area contributed by atoms with Crippen molar-refractivity contribution in [1.29, 1.82) is 0 Å². The minimum atomic E-state index is -0.0374. The van der Waals surface area contributed by atoms with Crippen LogP contribution in [0.15, 0.2) is 0 Å². The summed E-state index contributed by atoms with van der Waals surface area (Å²) in [5.41, 5.74) is 0.843. The third kappa shape index (κ3) is 2.71. The van der Waals surface area contributed by atoms with E-state index < -0.39 is 0 Å². The molecule has 5 nitrogen and oxygen atoms in total. The average Bonchev–Trinajstić information content (AvgIpc) is 2.73. The minimum Gasteiger partial charge on any atom is -0.354 e. The smallest absolute Gasteiger partial charge is 0.263 e. The van der Waals surface area contributed by atoms with E-state index in [1.807, 2.05) is 6.92 Å². The Morgan fingerprint density at radius 2 is 2.10 bits per heavy atom. The van der Waals surface area contributed by atoms with Crippen LogP contribution in [-0.4, -0.2) is 41.4 Å². The number of aromatic nitrogens is 2. The number of amides is 1. The van der Waals surface area contributed by atoms with Crippen LogP contribution in [0.1, 0.15) is 28.6 Å². The zero-order valence-electron chi connectivity index (χ0n) is 12.0. The number of halogens is 1. The van der Waals surface area contributed by atoms with E-state index in [2.05, 4.69) is 22.2 Å². The molecule has 0 saturated heterocycles. The molecule has 108 valence electrons. The Labute approximate surface area is 127 Å². The first-order chi connectivity index (χ1) is 9.45. The molecule has 0 aromatic carbocycles. The lowest BCUT2D eigenvalue weighted by atomic mass is 10.2. The lowest BCUT2D eigenvalue weighted by Gasteiger charge is -2.08. The van der Waals surface area contributed by atoms with Crippen molar-refractivity contribution < 1.29 is 4.79 Å². The van der Waals surface area contributed by atoms with Gasteiger partial charge >= 0.3 is 0 Å². The van der Waals surface area contributed by atoms with Crippen LogP contribution in [0.5, 0.6) is 0 Å². The van der Waals surface area contributed by atoms with Gasteiger partial charge in [0.1, 0.15) is 9.98 Å². The Balaban J connectivity index is 2.53. The van der Waals surface area contributed by atoms with E-state index in [0.717, 1.165) is 28.7 Å². The third-order valence-corrected chi connectivity index (χ3v) is 4.33. The largest absolute Gasteiger partial charge is 0.354 e. The van der Waals surface area contributed by atoms with Gasteiger partial charge < -0.3 is 10.2 Å². The number of carbonyl (C=O) groups is 1. The number of fused-ring (bicyclic) bond motifs is 1. The highest BCUT2D eigenvalue weighted by atomic mass is 35.5. The number of rotatable bonds is 4. The molecule has 1 N–H and O–H groups in total. The quantitative estimate of drug-likeness (QED) is 0.881. The normalized spacial score (nSPS) is 10.8. The van der Waals surface area contributed by atoms with E-state index in [-0.39, 0.29) is 5.91 Å². The monoisotopic (exact) mass is 312 g/mol. The minimum absolute atomic E-state index is 0.0374. The van der Waals surface area contributed by atoms with Crippen LogP contribution in [0, 0.1) is 6.92 Å². The zero-order chi connectivity index (χ0) is 14.9. The molecule has 1 amide bonds. The summed E-state index contributed by atoms with van der Waals surface area (Å²) in [6, 6.07) is 0. The fourth-order valence-corrected chi connectivity index (χ4v) is 3.38. The van der Waals surface area contributed by atoms with Crippen molar-refractivity contribution >= 4 is 45.0 Å². The number of hydrogen-bond donors (Lipinski definition) is 1. The second-order valence-electron chi connectivity index (χ2n) is 4.70. The average molecular weight is 313 g/mol. The Morgan fingerprint density at radius 1 is 1.40 bits per heavy atom. The highest BCUT2D eigenvalue weighted by molar-refractivity contribution is 7.20. The number of hydrogen-bond acceptors (Lipinski definition) is 5. The number of thiophene rings is 1. The first-order valence-electron chi connectivity index (χ1n) is 6.37. The second kappa shape index (κ2) is 5.93. The molecule has 2 rings (SSSR count). The van der Waals surface area contributed by atoms with Gasteiger partial charge in [-0.25, -0.2) is 9.97 Å². The van der Waals surface area contributed by atoms with E-state index in [9.17, 15) is 4.79 Å². The summed E-state index contributed by atoms with van der Waals surface area (Å²) in [5, 5.41) is 4.27. The second-order valence-corrected chi connectivity index (χ2v) is 6.06. The van der Waals surface area contributed by atoms with Gasteiger partial charge in [-0.15, -0.1) is 11.3 Å². The van der Waals surface area contributed by atoms with Gasteiger partial charge in [-0.1, -0.05) is 18.5 Å². The van der Waals surface area contributed by atoms with Crippen LogP contribution in [-0.2, 0) is 0 Å². The zero-order valence-corrected chi connectivity index (χ0v) is 13.5. The lowest BCUT2D eigenvalue weighted by Crippen LogP contribution is -2.21. The Morgan fingerprint density at radius 3 is 2.70 bits per heavy atom. The molecule has 0 radical (unpaired) electrons. The SMILES string of the molecule is CCCNc1nc(Cl)c2c(C)c(C(=O)N(C)C)sc2n1. The van der Waals surface area contributed by atoms with Crippen molar-refractivity contribution in [2.45, 2.75) is 20.3 Å². The number of carbonyl (C=O) groups excluding carboxylic acids is 1. The van der Waals surface area contributed by atoms with Gasteiger partial charge in [0, 0.05) is 20.6 Å². The molecule has 0 aliphatic carbocycles. The highest BCUT2D eigenvalue weighted by Crippen LogP contribution is 2.34. The van der Waals surface area contributed by atoms with Crippen LogP contribution in [0.2, 0.25) is 5.15 Å². The third-order valence-electron chi connectivity index (χ3n) is 2.88. The fraction of sp³-hybridized carbons (Fsp3) is 0.462. The summed E-state index contributed by atoms with van der Waals surface area (Å²) in [6.07, 6.45) is 0.979. The molecule has 0 spiro atoms. The molecule has 0 saturated carbocycles. The maximum absolute atomic E-state index is 12.1. The Kier molecular flexibility index (Phi) is 4.45. The lowest BCUT2D eigenvalue weighted by molar-refractivity contribution is 0.0831. The summed E-state index contributed by atoms with van der Waals surface area (Å²) >= 11 is 7.59. The van der Waals surface area contributed by atoms with Crippen molar-refractivity contribution in [3.8, 4) is 0 Å². The van der Waals surface area contributed by atoms with Gasteiger partial charge in [0.2, 0.25) is 5.95 Å². The molecule has 0 atom stereocenters. The molecule has 0 aliphatic rings. The number of anilines is 1. The molecule has 2 aromatic heterocycles. The molecular formula is C13H17ClN4OS. The predicted molar refractivity (Wildman–Crippen MR) is 84.0 cm³/mol. The van der Waals surface area contributed by atoms with Gasteiger partial charge in [-0.3, -0.25) is 4.79 Å². The van der Waals surface area contributed by atoms with Gasteiger partial charge in [0.05, 0.1) is 10.3 Å². The number of aryl methyl sites for hydroxylation is 1. The van der Waals surface area contributed by atoms with Crippen LogP contribution < -0.4 is 5.32 Å². The van der Waals surface area contributed by atoms with Crippen molar-refractivity contribution in [3.05, 3.63) is 15.6 Å². The van der Waals surface area contributed by atoms with E-state index in [0.29, 0.717) is 16.0 Å². The molecule has 0 aliphatic heterocycles. The first kappa shape index (κ1) is 15.0. The van der Waals surface area contributed by atoms with E-state index in [1.165, 1.54) is 11.3 Å². The summed E-state index contributed by atoms with van der Waals surface area (Å²) in [4.78, 5) is 23.8. The van der Waals surface area contributed by atoms with Crippen LogP contribution >= 0.6 is 22.9 Å². The molecular weight excluding hydrogens is 296 g/mol. The topological polar surface area (TPSA) is 58.1 Å². The Bertz CT molecular complexity index is 653. The fourth-order valence-electron chi connectivity index (χ4n) is 1.81. The molecule has 0 fully saturated rings. The summed E-state index contributed by atoms with van der Waals surface area (Å²) < 4.78 is 0. The molecule has 2 heterocycles. The summed E-state index contributed by atoms with van der Waals surface area (Å²) in [6.45, 7) is 4.73. The van der Waals surface area contributed by atoms with E-state index >= 15 is 0 Å².